The topological polar surface area (TPSA) is 34.5 Å². The third-order valence-corrected chi connectivity index (χ3v) is 17.3. The third-order valence-electron chi connectivity index (χ3n) is 16.2. The van der Waals surface area contributed by atoms with Crippen LogP contribution in [0.15, 0.2) is 142 Å². The molecule has 0 saturated heterocycles. The van der Waals surface area contributed by atoms with Gasteiger partial charge in [0, 0.05) is 75.8 Å². The molecule has 6 heteroatoms. The maximum Gasteiger partial charge on any atom is 0.333 e. The Labute approximate surface area is 387 Å². The van der Waals surface area contributed by atoms with Gasteiger partial charge in [0.05, 0.1) is 16.4 Å². The average molecular weight is 871 g/mol. The molecule has 0 unspecified atom stereocenters. The summed E-state index contributed by atoms with van der Waals surface area (Å²) in [5.41, 5.74) is 19.1. The molecule has 66 heavy (non-hydrogen) atoms. The first kappa shape index (κ1) is 37.5. The van der Waals surface area contributed by atoms with E-state index in [2.05, 4.69) is 191 Å². The summed E-state index contributed by atoms with van der Waals surface area (Å²) in [6, 6.07) is 50.7. The Morgan fingerprint density at radius 3 is 2.02 bits per heavy atom. The van der Waals surface area contributed by atoms with Gasteiger partial charge in [0.15, 0.2) is 0 Å². The minimum absolute atomic E-state index is 0.0168. The lowest BCUT2D eigenvalue weighted by molar-refractivity contribution is 0.332. The highest BCUT2D eigenvalue weighted by Gasteiger charge is 2.47. The smallest absolute Gasteiger partial charge is 0.333 e. The summed E-state index contributed by atoms with van der Waals surface area (Å²) in [5, 5.41) is 9.70. The van der Waals surface area contributed by atoms with Crippen LogP contribution in [0.4, 0.5) is 11.4 Å². The number of anilines is 2. The number of para-hydroxylation sites is 2. The highest BCUT2D eigenvalue weighted by Crippen LogP contribution is 2.55. The van der Waals surface area contributed by atoms with Crippen LogP contribution >= 0.6 is 11.3 Å². The number of hydrogen-bond acceptors (Lipinski definition) is 4. The third kappa shape index (κ3) is 4.65. The van der Waals surface area contributed by atoms with E-state index in [4.69, 9.17) is 8.83 Å². The van der Waals surface area contributed by atoms with Crippen molar-refractivity contribution in [2.24, 2.45) is 0 Å². The normalized spacial score (nSPS) is 16.2. The molecule has 0 saturated carbocycles. The second kappa shape index (κ2) is 12.2. The van der Waals surface area contributed by atoms with E-state index in [1.54, 1.807) is 0 Å². The van der Waals surface area contributed by atoms with Crippen molar-refractivity contribution in [1.29, 1.82) is 0 Å². The first-order valence-electron chi connectivity index (χ1n) is 23.7. The molecule has 1 aliphatic carbocycles. The fourth-order valence-corrected chi connectivity index (χ4v) is 13.8. The molecule has 2 aliphatic heterocycles. The zero-order chi connectivity index (χ0) is 44.3. The molecule has 0 bridgehead atoms. The fourth-order valence-electron chi connectivity index (χ4n) is 12.7. The summed E-state index contributed by atoms with van der Waals surface area (Å²) in [7, 11) is 0. The number of benzene rings is 8. The van der Waals surface area contributed by atoms with Crippen molar-refractivity contribution in [1.82, 2.24) is 4.57 Å². The second-order valence-electron chi connectivity index (χ2n) is 21.9. The van der Waals surface area contributed by atoms with E-state index >= 15 is 0 Å². The maximum atomic E-state index is 7.32. The van der Waals surface area contributed by atoms with E-state index in [1.165, 1.54) is 97.5 Å². The SMILES string of the molecule is CC(C)(C)c1ccc(N2B3c4cc5c(cc4-n4c6cc7c(cc6c6c8oc9ccccc9c8c(c3c64)-c3cc4c(cc32)sc2ccccc24)C(C)(C)CCC7(C)C)oc2ccccc25)cc1. The van der Waals surface area contributed by atoms with Crippen LogP contribution in [-0.2, 0) is 16.2 Å². The van der Waals surface area contributed by atoms with Gasteiger partial charge in [0.1, 0.15) is 22.3 Å². The quantitative estimate of drug-likeness (QED) is 0.154. The van der Waals surface area contributed by atoms with Crippen LogP contribution in [-0.4, -0.2) is 11.4 Å². The van der Waals surface area contributed by atoms with Gasteiger partial charge in [-0.3, -0.25) is 0 Å². The predicted octanol–water partition coefficient (Wildman–Crippen LogP) is 15.8. The Morgan fingerprint density at radius 2 is 1.26 bits per heavy atom. The Kier molecular flexibility index (Phi) is 6.91. The molecule has 0 amide bonds. The van der Waals surface area contributed by atoms with E-state index in [1.807, 2.05) is 11.3 Å². The second-order valence-corrected chi connectivity index (χ2v) is 23.0. The standard InChI is InChI=1S/C60H47BN2O2S/c1-58(2,3)32-20-22-33(23-21-32)63-45-31-51-38(35-15-10-13-19-50(35)66-51)26-39(45)52-53-36-16-9-12-18-48(36)65-57(53)54-40-27-41-42(60(6,7)25-24-59(41,4)5)29-44(40)62-46-30-49-37(34-14-8-11-17-47(34)64-49)28-43(46)61(63)55(52)56(54)62/h8-23,26-31H,24-25H2,1-7H3. The lowest BCUT2D eigenvalue weighted by atomic mass is 9.43. The molecule has 4 nitrogen and oxygen atoms in total. The van der Waals surface area contributed by atoms with Gasteiger partial charge in [-0.15, -0.1) is 11.3 Å². The Morgan fingerprint density at radius 1 is 0.576 bits per heavy atom. The number of nitrogens with zero attached hydrogens (tertiary/aromatic N) is 2. The van der Waals surface area contributed by atoms with Crippen LogP contribution in [0.3, 0.4) is 0 Å². The van der Waals surface area contributed by atoms with Gasteiger partial charge in [-0.2, -0.15) is 0 Å². The van der Waals surface area contributed by atoms with Crippen LogP contribution in [0, 0.1) is 0 Å². The summed E-state index contributed by atoms with van der Waals surface area (Å²) < 4.78 is 19.3. The molecule has 0 radical (unpaired) electrons. The molecule has 3 aliphatic rings. The fraction of sp³-hybridized carbons (Fsp3) is 0.200. The van der Waals surface area contributed by atoms with E-state index in [0.29, 0.717) is 0 Å². The summed E-state index contributed by atoms with van der Waals surface area (Å²) in [4.78, 5) is 2.69. The highest BCUT2D eigenvalue weighted by atomic mass is 32.1. The van der Waals surface area contributed by atoms with E-state index in [0.717, 1.165) is 57.0 Å². The molecular formula is C60H47BN2O2S. The summed E-state index contributed by atoms with van der Waals surface area (Å²) in [6.45, 7) is 16.5. The minimum atomic E-state index is -0.173. The zero-order valence-electron chi connectivity index (χ0n) is 38.3. The number of fused-ring (bicyclic) bond motifs is 20. The Balaban J connectivity index is 1.21. The van der Waals surface area contributed by atoms with E-state index in [-0.39, 0.29) is 23.1 Å². The van der Waals surface area contributed by atoms with Crippen molar-refractivity contribution in [3.8, 4) is 16.8 Å². The molecule has 0 fully saturated rings. The first-order valence-corrected chi connectivity index (χ1v) is 24.5. The molecule has 0 spiro atoms. The van der Waals surface area contributed by atoms with Crippen molar-refractivity contribution in [2.75, 3.05) is 4.81 Å². The van der Waals surface area contributed by atoms with Crippen LogP contribution in [0.1, 0.15) is 78.0 Å². The molecule has 12 aromatic rings. The van der Waals surface area contributed by atoms with Gasteiger partial charge in [-0.25, -0.2) is 0 Å². The van der Waals surface area contributed by atoms with Crippen LogP contribution in [0.25, 0.3) is 103 Å². The molecule has 4 aromatic heterocycles. The number of furan rings is 2. The monoisotopic (exact) mass is 870 g/mol. The van der Waals surface area contributed by atoms with Gasteiger partial charge >= 0.3 is 6.85 Å². The van der Waals surface area contributed by atoms with Crippen molar-refractivity contribution in [2.45, 2.75) is 77.6 Å². The van der Waals surface area contributed by atoms with Crippen molar-refractivity contribution >= 4 is 126 Å². The minimum Gasteiger partial charge on any atom is -0.456 e. The average Bonchev–Trinajstić information content (AvgIpc) is 4.07. The highest BCUT2D eigenvalue weighted by molar-refractivity contribution is 7.25. The van der Waals surface area contributed by atoms with Gasteiger partial charge in [0.2, 0.25) is 0 Å². The van der Waals surface area contributed by atoms with Crippen molar-refractivity contribution < 1.29 is 8.83 Å². The Hall–Kier alpha value is -6.76. The van der Waals surface area contributed by atoms with Gasteiger partial charge in [-0.05, 0) is 117 Å². The molecule has 318 valence electrons. The summed E-state index contributed by atoms with van der Waals surface area (Å²) >= 11 is 1.89. The van der Waals surface area contributed by atoms with Crippen LogP contribution in [0.2, 0.25) is 0 Å². The number of rotatable bonds is 1. The van der Waals surface area contributed by atoms with Crippen molar-refractivity contribution in [3.63, 3.8) is 0 Å². The lowest BCUT2D eigenvalue weighted by Gasteiger charge is -2.42. The number of thiophene rings is 1. The largest absolute Gasteiger partial charge is 0.456 e. The van der Waals surface area contributed by atoms with E-state index < -0.39 is 0 Å². The number of aromatic nitrogens is 1. The zero-order valence-corrected chi connectivity index (χ0v) is 39.1. The Bertz CT molecular complexity index is 4170. The van der Waals surface area contributed by atoms with Gasteiger partial charge in [-0.1, -0.05) is 121 Å². The summed E-state index contributed by atoms with van der Waals surface area (Å²) in [6.07, 6.45) is 2.29. The summed E-state index contributed by atoms with van der Waals surface area (Å²) in [5.74, 6) is 0. The molecule has 0 atom stereocenters. The van der Waals surface area contributed by atoms with Crippen LogP contribution in [0.5, 0.6) is 0 Å². The lowest BCUT2D eigenvalue weighted by Crippen LogP contribution is -2.60. The van der Waals surface area contributed by atoms with Gasteiger partial charge in [0.25, 0.3) is 0 Å². The number of hydrogen-bond donors (Lipinski definition) is 0. The van der Waals surface area contributed by atoms with Crippen LogP contribution < -0.4 is 15.7 Å². The van der Waals surface area contributed by atoms with Gasteiger partial charge < -0.3 is 18.2 Å². The molecule has 15 rings (SSSR count). The molecular weight excluding hydrogens is 824 g/mol. The maximum absolute atomic E-state index is 7.32. The van der Waals surface area contributed by atoms with Crippen molar-refractivity contribution in [3.05, 3.63) is 150 Å². The van der Waals surface area contributed by atoms with E-state index in [9.17, 15) is 0 Å². The molecule has 6 heterocycles. The predicted molar refractivity (Wildman–Crippen MR) is 281 cm³/mol. The molecule has 8 aromatic carbocycles. The molecule has 0 N–H and O–H groups in total. The first-order chi connectivity index (χ1) is 31.8.